The molecule has 1 fully saturated rings. The summed E-state index contributed by atoms with van der Waals surface area (Å²) < 4.78 is 11.7. The minimum Gasteiger partial charge on any atom is -0.440 e. The number of ether oxygens (including phenoxy) is 1. The van der Waals surface area contributed by atoms with Gasteiger partial charge in [0.25, 0.3) is 0 Å². The van der Waals surface area contributed by atoms with Crippen LogP contribution in [-0.2, 0) is 17.6 Å². The number of benzene rings is 3. The fraction of sp³-hybridized carbons (Fsp3) is 0.269. The highest BCUT2D eigenvalue weighted by molar-refractivity contribution is 5.83. The predicted octanol–water partition coefficient (Wildman–Crippen LogP) is 4.88. The van der Waals surface area contributed by atoms with Crippen molar-refractivity contribution in [3.05, 3.63) is 87.6 Å². The minimum absolute atomic E-state index is 0.0157. The molecule has 0 N–H and O–H groups in total. The average molecular weight is 399 g/mol. The summed E-state index contributed by atoms with van der Waals surface area (Å²) in [5.74, 6) is 0.644. The van der Waals surface area contributed by atoms with E-state index in [-0.39, 0.29) is 5.43 Å². The lowest BCUT2D eigenvalue weighted by Crippen LogP contribution is -2.36. The third-order valence-electron chi connectivity index (χ3n) is 6.06. The largest absolute Gasteiger partial charge is 0.440 e. The summed E-state index contributed by atoms with van der Waals surface area (Å²) in [6.45, 7) is 4.87. The molecule has 1 saturated heterocycles. The van der Waals surface area contributed by atoms with Crippen LogP contribution in [0.3, 0.4) is 0 Å². The Hall–Kier alpha value is -3.11. The van der Waals surface area contributed by atoms with Crippen molar-refractivity contribution in [2.24, 2.45) is 0 Å². The van der Waals surface area contributed by atoms with Gasteiger partial charge in [-0.2, -0.15) is 0 Å². The first-order valence-corrected chi connectivity index (χ1v) is 10.6. The zero-order chi connectivity index (χ0) is 20.5. The lowest BCUT2D eigenvalue weighted by molar-refractivity contribution is 0.121. The second kappa shape index (κ2) is 7.96. The molecular weight excluding hydrogens is 374 g/mol. The van der Waals surface area contributed by atoms with E-state index in [4.69, 9.17) is 9.15 Å². The second-order valence-corrected chi connectivity index (χ2v) is 7.96. The van der Waals surface area contributed by atoms with E-state index in [2.05, 4.69) is 60.4 Å². The van der Waals surface area contributed by atoms with Gasteiger partial charge in [-0.1, -0.05) is 48.5 Å². The summed E-state index contributed by atoms with van der Waals surface area (Å²) in [5.41, 5.74) is 4.32. The van der Waals surface area contributed by atoms with Crippen molar-refractivity contribution in [3.63, 3.8) is 0 Å². The number of hydrogen-bond acceptors (Lipinski definition) is 4. The van der Waals surface area contributed by atoms with E-state index in [1.807, 2.05) is 6.07 Å². The molecule has 0 bridgehead atoms. The molecule has 5 rings (SSSR count). The van der Waals surface area contributed by atoms with Gasteiger partial charge in [0.2, 0.25) is 0 Å². The molecule has 0 unspecified atom stereocenters. The zero-order valence-electron chi connectivity index (χ0n) is 17.2. The predicted molar refractivity (Wildman–Crippen MR) is 122 cm³/mol. The molecule has 0 atom stereocenters. The van der Waals surface area contributed by atoms with E-state index in [0.717, 1.165) is 31.5 Å². The van der Waals surface area contributed by atoms with Crippen molar-refractivity contribution in [2.75, 3.05) is 31.2 Å². The Kier molecular flexibility index (Phi) is 5.01. The van der Waals surface area contributed by atoms with Gasteiger partial charge in [0.1, 0.15) is 5.58 Å². The summed E-state index contributed by atoms with van der Waals surface area (Å²) in [5, 5.41) is 3.19. The SMILES string of the molecule is Cc1c(CCc2ccc3ccccc3c2)ccc2c(=O)cc(N3CCOCC3)oc12. The van der Waals surface area contributed by atoms with E-state index in [1.54, 1.807) is 6.07 Å². The Labute approximate surface area is 175 Å². The Morgan fingerprint density at radius 2 is 1.70 bits per heavy atom. The Morgan fingerprint density at radius 3 is 2.53 bits per heavy atom. The number of fused-ring (bicyclic) bond motifs is 2. The Morgan fingerprint density at radius 1 is 0.900 bits per heavy atom. The van der Waals surface area contributed by atoms with Gasteiger partial charge >= 0.3 is 0 Å². The maximum absolute atomic E-state index is 12.7. The van der Waals surface area contributed by atoms with E-state index in [9.17, 15) is 4.79 Å². The van der Waals surface area contributed by atoms with Gasteiger partial charge in [0, 0.05) is 19.2 Å². The van der Waals surface area contributed by atoms with Crippen molar-refractivity contribution < 1.29 is 9.15 Å². The first-order chi connectivity index (χ1) is 14.7. The van der Waals surface area contributed by atoms with Crippen LogP contribution in [0.15, 0.2) is 69.9 Å². The maximum Gasteiger partial charge on any atom is 0.200 e. The van der Waals surface area contributed by atoms with Crippen LogP contribution in [0.25, 0.3) is 21.7 Å². The van der Waals surface area contributed by atoms with Crippen molar-refractivity contribution in [1.29, 1.82) is 0 Å². The third-order valence-corrected chi connectivity index (χ3v) is 6.06. The lowest BCUT2D eigenvalue weighted by Gasteiger charge is -2.27. The molecular formula is C26H25NO3. The van der Waals surface area contributed by atoms with E-state index < -0.39 is 0 Å². The van der Waals surface area contributed by atoms with E-state index in [1.165, 1.54) is 21.9 Å². The molecule has 1 aliphatic heterocycles. The van der Waals surface area contributed by atoms with Gasteiger partial charge in [0.15, 0.2) is 11.3 Å². The van der Waals surface area contributed by atoms with Crippen LogP contribution in [0, 0.1) is 6.92 Å². The van der Waals surface area contributed by atoms with Crippen molar-refractivity contribution in [3.8, 4) is 0 Å². The normalized spacial score (nSPS) is 14.5. The summed E-state index contributed by atoms with van der Waals surface area (Å²) in [7, 11) is 0. The molecule has 3 aromatic carbocycles. The second-order valence-electron chi connectivity index (χ2n) is 7.96. The number of nitrogens with zero attached hydrogens (tertiary/aromatic N) is 1. The van der Waals surface area contributed by atoms with Crippen LogP contribution in [0.4, 0.5) is 5.88 Å². The minimum atomic E-state index is 0.0157. The van der Waals surface area contributed by atoms with Crippen molar-refractivity contribution in [1.82, 2.24) is 0 Å². The van der Waals surface area contributed by atoms with Gasteiger partial charge in [0.05, 0.1) is 18.6 Å². The van der Waals surface area contributed by atoms with Crippen LogP contribution in [-0.4, -0.2) is 26.3 Å². The van der Waals surface area contributed by atoms with Crippen LogP contribution < -0.4 is 10.3 Å². The molecule has 30 heavy (non-hydrogen) atoms. The van der Waals surface area contributed by atoms with Crippen LogP contribution in [0.1, 0.15) is 16.7 Å². The highest BCUT2D eigenvalue weighted by Gasteiger charge is 2.17. The molecule has 152 valence electrons. The highest BCUT2D eigenvalue weighted by Crippen LogP contribution is 2.26. The smallest absolute Gasteiger partial charge is 0.200 e. The average Bonchev–Trinajstić information content (AvgIpc) is 2.79. The summed E-state index contributed by atoms with van der Waals surface area (Å²) in [4.78, 5) is 14.8. The summed E-state index contributed by atoms with van der Waals surface area (Å²) in [6.07, 6.45) is 1.86. The third kappa shape index (κ3) is 3.59. The molecule has 0 spiro atoms. The monoisotopic (exact) mass is 399 g/mol. The number of aryl methyl sites for hydroxylation is 3. The molecule has 0 radical (unpaired) electrons. The molecule has 0 amide bonds. The fourth-order valence-corrected chi connectivity index (χ4v) is 4.27. The zero-order valence-corrected chi connectivity index (χ0v) is 17.2. The van der Waals surface area contributed by atoms with Crippen molar-refractivity contribution >= 4 is 27.6 Å². The van der Waals surface area contributed by atoms with Gasteiger partial charge < -0.3 is 14.1 Å². The molecule has 0 saturated carbocycles. The maximum atomic E-state index is 12.7. The van der Waals surface area contributed by atoms with Gasteiger partial charge in [-0.3, -0.25) is 4.79 Å². The lowest BCUT2D eigenvalue weighted by atomic mass is 9.97. The molecule has 1 aromatic heterocycles. The highest BCUT2D eigenvalue weighted by atomic mass is 16.5. The molecule has 0 aliphatic carbocycles. The number of hydrogen-bond donors (Lipinski definition) is 0. The molecule has 1 aliphatic rings. The van der Waals surface area contributed by atoms with Gasteiger partial charge in [-0.05, 0) is 53.3 Å². The van der Waals surface area contributed by atoms with Gasteiger partial charge in [-0.15, -0.1) is 0 Å². The molecule has 2 heterocycles. The molecule has 4 nitrogen and oxygen atoms in total. The Bertz CT molecular complexity index is 1270. The number of morpholine rings is 1. The first-order valence-electron chi connectivity index (χ1n) is 10.6. The van der Waals surface area contributed by atoms with E-state index in [0.29, 0.717) is 30.1 Å². The van der Waals surface area contributed by atoms with E-state index >= 15 is 0 Å². The van der Waals surface area contributed by atoms with Crippen LogP contribution in [0.2, 0.25) is 0 Å². The van der Waals surface area contributed by atoms with Gasteiger partial charge in [-0.25, -0.2) is 0 Å². The molecule has 4 aromatic rings. The standard InChI is InChI=1S/C26H25NO3/c1-18-20(8-6-19-7-9-21-4-2-3-5-22(21)16-19)10-11-23-24(28)17-25(30-26(18)23)27-12-14-29-15-13-27/h2-5,7,9-11,16-17H,6,8,12-15H2,1H3. The molecule has 4 heteroatoms. The number of anilines is 1. The quantitative estimate of drug-likeness (QED) is 0.491. The summed E-state index contributed by atoms with van der Waals surface area (Å²) in [6, 6.07) is 20.7. The van der Waals surface area contributed by atoms with Crippen LogP contribution >= 0.6 is 0 Å². The van der Waals surface area contributed by atoms with Crippen LogP contribution in [0.5, 0.6) is 0 Å². The first kappa shape index (κ1) is 18.9. The number of rotatable bonds is 4. The fourth-order valence-electron chi connectivity index (χ4n) is 4.27. The summed E-state index contributed by atoms with van der Waals surface area (Å²) >= 11 is 0. The van der Waals surface area contributed by atoms with Crippen molar-refractivity contribution in [2.45, 2.75) is 19.8 Å². The Balaban J connectivity index is 1.45. The topological polar surface area (TPSA) is 42.7 Å².